The van der Waals surface area contributed by atoms with Crippen LogP contribution < -0.4 is 16.0 Å². The normalized spacial score (nSPS) is 15.9. The number of urea groups is 1. The lowest BCUT2D eigenvalue weighted by Gasteiger charge is -2.30. The van der Waals surface area contributed by atoms with E-state index in [0.717, 1.165) is 11.0 Å². The Morgan fingerprint density at radius 3 is 1.98 bits per heavy atom. The van der Waals surface area contributed by atoms with Gasteiger partial charge in [0.15, 0.2) is 9.84 Å². The van der Waals surface area contributed by atoms with Gasteiger partial charge in [-0.15, -0.1) is 0 Å². The van der Waals surface area contributed by atoms with Crippen LogP contribution in [-0.4, -0.2) is 80.7 Å². The van der Waals surface area contributed by atoms with E-state index < -0.39 is 39.8 Å². The zero-order chi connectivity index (χ0) is 33.0. The monoisotopic (exact) mass is 642 g/mol. The van der Waals surface area contributed by atoms with E-state index in [9.17, 15) is 27.9 Å². The van der Waals surface area contributed by atoms with E-state index in [1.807, 2.05) is 27.7 Å². The number of hydrogen-bond acceptors (Lipinski definition) is 7. The van der Waals surface area contributed by atoms with Gasteiger partial charge >= 0.3 is 6.03 Å². The summed E-state index contributed by atoms with van der Waals surface area (Å²) in [6, 6.07) is 11.5. The number of morpholine rings is 1. The van der Waals surface area contributed by atoms with Gasteiger partial charge in [-0.25, -0.2) is 13.2 Å². The highest BCUT2D eigenvalue weighted by atomic mass is 32.2. The number of benzene rings is 2. The third-order valence-corrected chi connectivity index (χ3v) is 8.69. The summed E-state index contributed by atoms with van der Waals surface area (Å²) in [5.74, 6) is -0.738. The number of sulfone groups is 1. The number of rotatable bonds is 14. The number of ether oxygens (including phenoxy) is 1. The quantitative estimate of drug-likeness (QED) is 0.246. The average molecular weight is 643 g/mol. The van der Waals surface area contributed by atoms with Crippen LogP contribution in [0, 0.1) is 11.8 Å². The third-order valence-electron chi connectivity index (χ3n) is 7.24. The Kier molecular flexibility index (Phi) is 13.4. The molecule has 1 fully saturated rings. The number of carbonyl (C=O) groups is 3. The summed E-state index contributed by atoms with van der Waals surface area (Å²) in [5, 5.41) is 19.4. The molecule has 1 aliphatic heterocycles. The van der Waals surface area contributed by atoms with E-state index in [0.29, 0.717) is 39.1 Å². The van der Waals surface area contributed by atoms with Gasteiger partial charge in [0.2, 0.25) is 11.8 Å². The molecule has 3 rings (SSSR count). The molecule has 2 aromatic rings. The van der Waals surface area contributed by atoms with Gasteiger partial charge in [-0.3, -0.25) is 9.59 Å². The van der Waals surface area contributed by atoms with Crippen molar-refractivity contribution in [3.05, 3.63) is 71.6 Å². The molecule has 3 unspecified atom stereocenters. The first-order chi connectivity index (χ1) is 21.3. The van der Waals surface area contributed by atoms with Gasteiger partial charge in [0, 0.05) is 18.5 Å². The molecule has 1 aliphatic rings. The highest BCUT2D eigenvalue weighted by Gasteiger charge is 2.30. The molecule has 45 heavy (non-hydrogen) atoms. The second-order valence-electron chi connectivity index (χ2n) is 12.1. The number of hydrogen-bond donors (Lipinski definition) is 4. The van der Waals surface area contributed by atoms with Gasteiger partial charge in [0.25, 0.3) is 0 Å². The molecule has 11 nitrogen and oxygen atoms in total. The largest absolute Gasteiger partial charge is 0.508 e. The zero-order valence-electron chi connectivity index (χ0n) is 26.4. The molecule has 1 saturated heterocycles. The summed E-state index contributed by atoms with van der Waals surface area (Å²) in [6.45, 7) is 9.46. The Bertz CT molecular complexity index is 1390. The van der Waals surface area contributed by atoms with Crippen molar-refractivity contribution in [3.8, 4) is 5.75 Å². The number of phenols is 1. The second-order valence-corrected chi connectivity index (χ2v) is 13.9. The maximum atomic E-state index is 13.7. The molecular formula is C33H46N4O7S. The Labute approximate surface area is 266 Å². The smallest absolute Gasteiger partial charge is 0.318 e. The number of nitrogens with one attached hydrogen (secondary N) is 3. The van der Waals surface area contributed by atoms with Crippen molar-refractivity contribution in [1.29, 1.82) is 0 Å². The van der Waals surface area contributed by atoms with Gasteiger partial charge in [-0.05, 0) is 60.9 Å². The summed E-state index contributed by atoms with van der Waals surface area (Å²) < 4.78 is 31.3. The van der Waals surface area contributed by atoms with E-state index in [1.165, 1.54) is 30.3 Å². The fraction of sp³-hybridized carbons (Fsp3) is 0.485. The predicted molar refractivity (Wildman–Crippen MR) is 172 cm³/mol. The molecule has 0 aromatic heterocycles. The van der Waals surface area contributed by atoms with Crippen LogP contribution in [0.1, 0.15) is 46.1 Å². The first-order valence-corrected chi connectivity index (χ1v) is 16.9. The minimum Gasteiger partial charge on any atom is -0.508 e. The fourth-order valence-electron chi connectivity index (χ4n) is 4.91. The Morgan fingerprint density at radius 2 is 1.40 bits per heavy atom. The molecule has 0 aliphatic carbocycles. The summed E-state index contributed by atoms with van der Waals surface area (Å²) in [6.07, 6.45) is 2.36. The Hall–Kier alpha value is -3.90. The molecular weight excluding hydrogens is 596 g/mol. The maximum absolute atomic E-state index is 13.7. The lowest BCUT2D eigenvalue weighted by Crippen LogP contribution is -2.57. The van der Waals surface area contributed by atoms with Crippen LogP contribution in [0.25, 0.3) is 0 Å². The summed E-state index contributed by atoms with van der Waals surface area (Å²) in [4.78, 5) is 41.9. The van der Waals surface area contributed by atoms with Crippen LogP contribution in [-0.2, 0) is 30.6 Å². The van der Waals surface area contributed by atoms with Gasteiger partial charge in [0.1, 0.15) is 17.8 Å². The molecule has 12 heteroatoms. The van der Waals surface area contributed by atoms with E-state index in [4.69, 9.17) is 4.74 Å². The topological polar surface area (TPSA) is 154 Å². The zero-order valence-corrected chi connectivity index (χ0v) is 27.3. The number of phenolic OH excluding ortho intramolecular Hbond substituents is 1. The molecule has 0 bridgehead atoms. The van der Waals surface area contributed by atoms with Gasteiger partial charge in [0.05, 0.1) is 24.2 Å². The molecule has 2 aromatic carbocycles. The Morgan fingerprint density at radius 1 is 0.844 bits per heavy atom. The molecule has 0 radical (unpaired) electrons. The van der Waals surface area contributed by atoms with Gasteiger partial charge < -0.3 is 30.7 Å². The molecule has 246 valence electrons. The molecule has 3 atom stereocenters. The summed E-state index contributed by atoms with van der Waals surface area (Å²) >= 11 is 0. The van der Waals surface area contributed by atoms with Crippen LogP contribution in [0.15, 0.2) is 71.0 Å². The summed E-state index contributed by atoms with van der Waals surface area (Å²) in [7, 11) is -3.79. The van der Waals surface area contributed by atoms with Crippen molar-refractivity contribution in [2.45, 2.75) is 70.0 Å². The Balaban J connectivity index is 1.81. The van der Waals surface area contributed by atoms with Crippen LogP contribution in [0.2, 0.25) is 0 Å². The van der Waals surface area contributed by atoms with Crippen LogP contribution in [0.3, 0.4) is 0 Å². The van der Waals surface area contributed by atoms with Crippen molar-refractivity contribution in [1.82, 2.24) is 20.9 Å². The van der Waals surface area contributed by atoms with Gasteiger partial charge in [-0.2, -0.15) is 0 Å². The number of aromatic hydroxyl groups is 1. The lowest BCUT2D eigenvalue weighted by atomic mass is 9.99. The van der Waals surface area contributed by atoms with Crippen LogP contribution in [0.5, 0.6) is 5.75 Å². The van der Waals surface area contributed by atoms with E-state index in [1.54, 1.807) is 35.2 Å². The number of amides is 4. The standard InChI is InChI=1S/C33H46N4O7S/c1-23(2)20-29(35-32(40)30(21-24(3)4)36-33(41)37-15-17-44-18-16-37)31(39)34-26(22-25-10-12-27(38)13-11-25)14-19-45(42,43)28-8-6-5-7-9-28/h5-14,19,23-24,26,29-30,38H,15-18,20-22H2,1-4H3,(H,34,39)(H,35,40)(H,36,41). The van der Waals surface area contributed by atoms with Gasteiger partial charge in [-0.1, -0.05) is 64.1 Å². The number of nitrogens with zero attached hydrogens (tertiary/aromatic N) is 1. The molecule has 4 N–H and O–H groups in total. The second kappa shape index (κ2) is 17.0. The third kappa shape index (κ3) is 11.8. The van der Waals surface area contributed by atoms with Crippen LogP contribution >= 0.6 is 0 Å². The SMILES string of the molecule is CC(C)CC(NC(=O)C(CC(C)C)NC(=O)N1CCOCC1)C(=O)NC(C=CS(=O)(=O)c1ccccc1)Cc1ccc(O)cc1. The predicted octanol–water partition coefficient (Wildman–Crippen LogP) is 3.39. The maximum Gasteiger partial charge on any atom is 0.318 e. The fourth-order valence-corrected chi connectivity index (χ4v) is 6.00. The van der Waals surface area contributed by atoms with E-state index >= 15 is 0 Å². The van der Waals surface area contributed by atoms with Crippen molar-refractivity contribution >= 4 is 27.7 Å². The summed E-state index contributed by atoms with van der Waals surface area (Å²) in [5.41, 5.74) is 0.757. The van der Waals surface area contributed by atoms with Crippen LogP contribution in [0.4, 0.5) is 4.79 Å². The minimum atomic E-state index is -3.79. The lowest BCUT2D eigenvalue weighted by molar-refractivity contribution is -0.130. The van der Waals surface area contributed by atoms with Crippen molar-refractivity contribution < 1.29 is 32.6 Å². The van der Waals surface area contributed by atoms with E-state index in [2.05, 4.69) is 16.0 Å². The minimum absolute atomic E-state index is 0.0390. The van der Waals surface area contributed by atoms with E-state index in [-0.39, 0.29) is 34.9 Å². The highest BCUT2D eigenvalue weighted by Crippen LogP contribution is 2.16. The molecule has 1 heterocycles. The average Bonchev–Trinajstić information content (AvgIpc) is 3.00. The van der Waals surface area contributed by atoms with Crippen molar-refractivity contribution in [3.63, 3.8) is 0 Å². The van der Waals surface area contributed by atoms with Crippen molar-refractivity contribution in [2.75, 3.05) is 26.3 Å². The first-order valence-electron chi connectivity index (χ1n) is 15.3. The van der Waals surface area contributed by atoms with Crippen molar-refractivity contribution in [2.24, 2.45) is 11.8 Å². The molecule has 0 saturated carbocycles. The highest BCUT2D eigenvalue weighted by molar-refractivity contribution is 7.94. The first kappa shape index (κ1) is 35.6. The molecule has 4 amide bonds. The molecule has 0 spiro atoms. The number of carbonyl (C=O) groups excluding carboxylic acids is 3.